The molecular formula is C15H14Cl2N4O4S. The van der Waals surface area contributed by atoms with E-state index in [2.05, 4.69) is 20.0 Å². The van der Waals surface area contributed by atoms with Crippen molar-refractivity contribution in [3.63, 3.8) is 0 Å². The summed E-state index contributed by atoms with van der Waals surface area (Å²) in [5, 5.41) is 2.64. The van der Waals surface area contributed by atoms with Gasteiger partial charge in [0.2, 0.25) is 11.9 Å². The van der Waals surface area contributed by atoms with Crippen molar-refractivity contribution in [3.8, 4) is 5.75 Å². The van der Waals surface area contributed by atoms with Crippen LogP contribution in [0.1, 0.15) is 6.42 Å². The van der Waals surface area contributed by atoms with E-state index in [0.717, 1.165) is 0 Å². The van der Waals surface area contributed by atoms with Gasteiger partial charge in [-0.1, -0.05) is 0 Å². The van der Waals surface area contributed by atoms with Crippen LogP contribution in [0, 0.1) is 5.92 Å². The average molecular weight is 417 g/mol. The molecule has 26 heavy (non-hydrogen) atoms. The van der Waals surface area contributed by atoms with Gasteiger partial charge < -0.3 is 10.1 Å². The Morgan fingerprint density at radius 1 is 1.23 bits per heavy atom. The van der Waals surface area contributed by atoms with Gasteiger partial charge in [-0.25, -0.2) is 23.1 Å². The minimum absolute atomic E-state index is 0.00891. The van der Waals surface area contributed by atoms with E-state index in [-0.39, 0.29) is 16.8 Å². The van der Waals surface area contributed by atoms with Crippen LogP contribution in [-0.2, 0) is 14.8 Å². The number of nitrogens with one attached hydrogen (secondary N) is 2. The van der Waals surface area contributed by atoms with Crippen LogP contribution in [0.5, 0.6) is 5.75 Å². The lowest BCUT2D eigenvalue weighted by Gasteiger charge is -2.09. The highest BCUT2D eigenvalue weighted by Gasteiger charge is 2.56. The summed E-state index contributed by atoms with van der Waals surface area (Å²) in [5.74, 6) is -0.461. The number of carbonyl (C=O) groups is 1. The molecule has 0 spiro atoms. The van der Waals surface area contributed by atoms with Crippen LogP contribution in [-0.4, -0.2) is 35.7 Å². The first kappa shape index (κ1) is 18.7. The second kappa shape index (κ2) is 6.90. The molecule has 1 fully saturated rings. The number of ether oxygens (including phenoxy) is 1. The summed E-state index contributed by atoms with van der Waals surface area (Å²) in [6.07, 6.45) is 3.07. The Hall–Kier alpha value is -2.10. The van der Waals surface area contributed by atoms with E-state index in [1.54, 1.807) is 0 Å². The molecule has 11 heteroatoms. The first-order chi connectivity index (χ1) is 12.2. The maximum absolute atomic E-state index is 12.3. The Labute approximate surface area is 159 Å². The summed E-state index contributed by atoms with van der Waals surface area (Å²) in [6.45, 7) is 0. The van der Waals surface area contributed by atoms with Gasteiger partial charge in [-0.2, -0.15) is 0 Å². The van der Waals surface area contributed by atoms with Crippen LogP contribution < -0.4 is 14.8 Å². The molecule has 1 heterocycles. The topological polar surface area (TPSA) is 110 Å². The second-order valence-corrected chi connectivity index (χ2v) is 8.81. The molecular weight excluding hydrogens is 403 g/mol. The van der Waals surface area contributed by atoms with Gasteiger partial charge in [0.15, 0.2) is 5.75 Å². The van der Waals surface area contributed by atoms with Crippen molar-refractivity contribution in [1.82, 2.24) is 9.97 Å². The van der Waals surface area contributed by atoms with Crippen LogP contribution in [0.4, 0.5) is 11.6 Å². The lowest BCUT2D eigenvalue weighted by Crippen LogP contribution is -2.17. The molecule has 2 N–H and O–H groups in total. The molecule has 2 aromatic rings. The maximum atomic E-state index is 12.3. The predicted octanol–water partition coefficient (Wildman–Crippen LogP) is 2.42. The first-order valence-corrected chi connectivity index (χ1v) is 9.63. The lowest BCUT2D eigenvalue weighted by atomic mass is 10.3. The highest BCUT2D eigenvalue weighted by atomic mass is 35.5. The monoisotopic (exact) mass is 416 g/mol. The first-order valence-electron chi connectivity index (χ1n) is 7.39. The summed E-state index contributed by atoms with van der Waals surface area (Å²) < 4.78 is 30.8. The fraction of sp³-hybridized carbons (Fsp3) is 0.267. The Bertz CT molecular complexity index is 918. The summed E-state index contributed by atoms with van der Waals surface area (Å²) >= 11 is 11.7. The molecule has 1 atom stereocenters. The second-order valence-electron chi connectivity index (χ2n) is 5.58. The number of aromatic nitrogens is 2. The third-order valence-electron chi connectivity index (χ3n) is 3.66. The maximum Gasteiger partial charge on any atom is 0.264 e. The van der Waals surface area contributed by atoms with Gasteiger partial charge in [-0.3, -0.25) is 4.79 Å². The minimum Gasteiger partial charge on any atom is -0.494 e. The molecule has 0 radical (unpaired) electrons. The van der Waals surface area contributed by atoms with Crippen LogP contribution >= 0.6 is 23.2 Å². The number of carbonyl (C=O) groups excluding carboxylic acids is 1. The SMILES string of the molecule is COc1cnc(NS(=O)(=O)c2ccc(NC(=O)[C@H]3CC3(Cl)Cl)cc2)nc1. The number of methoxy groups -OCH3 is 1. The third kappa shape index (κ3) is 4.17. The van der Waals surface area contributed by atoms with Gasteiger partial charge in [0, 0.05) is 5.69 Å². The molecule has 8 nitrogen and oxygen atoms in total. The fourth-order valence-corrected chi connectivity index (χ4v) is 3.56. The third-order valence-corrected chi connectivity index (χ3v) is 5.84. The van der Waals surface area contributed by atoms with Crippen molar-refractivity contribution >= 4 is 50.8 Å². The van der Waals surface area contributed by atoms with Gasteiger partial charge in [0.1, 0.15) is 4.33 Å². The molecule has 0 bridgehead atoms. The molecule has 1 saturated carbocycles. The number of benzene rings is 1. The van der Waals surface area contributed by atoms with Crippen molar-refractivity contribution in [1.29, 1.82) is 0 Å². The molecule has 0 unspecified atom stereocenters. The number of halogens is 2. The summed E-state index contributed by atoms with van der Waals surface area (Å²) in [6, 6.07) is 5.63. The van der Waals surface area contributed by atoms with Gasteiger partial charge in [-0.15, -0.1) is 23.2 Å². The van der Waals surface area contributed by atoms with Crippen molar-refractivity contribution in [2.45, 2.75) is 15.6 Å². The number of rotatable bonds is 6. The highest BCUT2D eigenvalue weighted by molar-refractivity contribution is 7.92. The Balaban J connectivity index is 1.67. The molecule has 1 aromatic carbocycles. The number of amides is 1. The fourth-order valence-electron chi connectivity index (χ4n) is 2.10. The van der Waals surface area contributed by atoms with Crippen molar-refractivity contribution < 1.29 is 17.9 Å². The molecule has 1 aromatic heterocycles. The predicted molar refractivity (Wildman–Crippen MR) is 97.0 cm³/mol. The van der Waals surface area contributed by atoms with Gasteiger partial charge in [0.05, 0.1) is 30.3 Å². The van der Waals surface area contributed by atoms with Gasteiger partial charge in [0.25, 0.3) is 10.0 Å². The quantitative estimate of drug-likeness (QED) is 0.699. The van der Waals surface area contributed by atoms with E-state index in [0.29, 0.717) is 17.9 Å². The highest BCUT2D eigenvalue weighted by Crippen LogP contribution is 2.53. The standard InChI is InChI=1S/C15H14Cl2N4O4S/c1-25-10-7-18-14(19-8-10)21-26(23,24)11-4-2-9(3-5-11)20-13(22)12-6-15(12,16)17/h2-5,7-8,12H,6H2,1H3,(H,20,22)(H,18,19,21)/t12-/m1/s1. The van der Waals surface area contributed by atoms with Crippen LogP contribution in [0.15, 0.2) is 41.6 Å². The van der Waals surface area contributed by atoms with Gasteiger partial charge >= 0.3 is 0 Å². The molecule has 1 aliphatic rings. The number of nitrogens with zero attached hydrogens (tertiary/aromatic N) is 2. The van der Waals surface area contributed by atoms with E-state index in [1.165, 1.54) is 43.8 Å². The largest absolute Gasteiger partial charge is 0.494 e. The smallest absolute Gasteiger partial charge is 0.264 e. The molecule has 0 aliphatic heterocycles. The van der Waals surface area contributed by atoms with Gasteiger partial charge in [-0.05, 0) is 30.7 Å². The summed E-state index contributed by atoms with van der Waals surface area (Å²) in [7, 11) is -2.42. The number of anilines is 2. The molecule has 3 rings (SSSR count). The van der Waals surface area contributed by atoms with E-state index in [9.17, 15) is 13.2 Å². The molecule has 0 saturated heterocycles. The zero-order valence-corrected chi connectivity index (χ0v) is 15.8. The summed E-state index contributed by atoms with van der Waals surface area (Å²) in [5.41, 5.74) is 0.436. The van der Waals surface area contributed by atoms with Crippen LogP contribution in [0.25, 0.3) is 0 Å². The molecule has 1 amide bonds. The Kier molecular flexibility index (Phi) is 4.96. The lowest BCUT2D eigenvalue weighted by molar-refractivity contribution is -0.117. The van der Waals surface area contributed by atoms with Crippen molar-refractivity contribution in [2.75, 3.05) is 17.1 Å². The van der Waals surface area contributed by atoms with E-state index in [1.807, 2.05) is 0 Å². The molecule has 1 aliphatic carbocycles. The Morgan fingerprint density at radius 2 is 1.81 bits per heavy atom. The van der Waals surface area contributed by atoms with Crippen molar-refractivity contribution in [3.05, 3.63) is 36.7 Å². The van der Waals surface area contributed by atoms with E-state index < -0.39 is 20.3 Å². The molecule has 138 valence electrons. The van der Waals surface area contributed by atoms with Crippen molar-refractivity contribution in [2.24, 2.45) is 5.92 Å². The minimum atomic E-state index is -3.87. The van der Waals surface area contributed by atoms with Crippen LogP contribution in [0.3, 0.4) is 0 Å². The number of sulfonamides is 1. The van der Waals surface area contributed by atoms with E-state index in [4.69, 9.17) is 27.9 Å². The number of alkyl halides is 2. The summed E-state index contributed by atoms with van der Waals surface area (Å²) in [4.78, 5) is 19.6. The average Bonchev–Trinajstić information content (AvgIpc) is 3.24. The normalized spacial score (nSPS) is 18.0. The van der Waals surface area contributed by atoms with Crippen LogP contribution in [0.2, 0.25) is 0 Å². The zero-order valence-electron chi connectivity index (χ0n) is 13.4. The Morgan fingerprint density at radius 3 is 2.31 bits per heavy atom. The number of hydrogen-bond donors (Lipinski definition) is 2. The number of hydrogen-bond acceptors (Lipinski definition) is 6. The zero-order chi connectivity index (χ0) is 18.9. The van der Waals surface area contributed by atoms with E-state index >= 15 is 0 Å².